The monoisotopic (exact) mass is 184 g/mol. The molecule has 0 radical (unpaired) electrons. The Kier molecular flexibility index (Phi) is 1.70. The highest BCUT2D eigenvalue weighted by atomic mass is 16.5. The Bertz CT molecular complexity index is 218. The molecule has 0 amide bonds. The largest absolute Gasteiger partial charge is 0.390 e. The molecule has 0 aromatic carbocycles. The molecule has 0 aromatic heterocycles. The zero-order chi connectivity index (χ0) is 9.00. The summed E-state index contributed by atoms with van der Waals surface area (Å²) in [6, 6.07) is 0. The third-order valence-corrected chi connectivity index (χ3v) is 4.08. The molecule has 2 bridgehead atoms. The van der Waals surface area contributed by atoms with Crippen LogP contribution in [0.5, 0.6) is 0 Å². The Morgan fingerprint density at radius 2 is 2.15 bits per heavy atom. The van der Waals surface area contributed by atoms with Crippen LogP contribution < -0.4 is 0 Å². The van der Waals surface area contributed by atoms with Gasteiger partial charge in [0.1, 0.15) is 0 Å². The van der Waals surface area contributed by atoms with E-state index in [1.807, 2.05) is 0 Å². The summed E-state index contributed by atoms with van der Waals surface area (Å²) in [4.78, 5) is 0. The molecule has 2 saturated carbocycles. The molecule has 1 heterocycles. The van der Waals surface area contributed by atoms with E-state index in [2.05, 4.69) is 0 Å². The maximum atomic E-state index is 9.83. The summed E-state index contributed by atoms with van der Waals surface area (Å²) in [5, 5.41) is 9.83. The van der Waals surface area contributed by atoms with Crippen molar-refractivity contribution in [1.29, 1.82) is 0 Å². The van der Waals surface area contributed by atoms with Crippen LogP contribution in [0.2, 0.25) is 0 Å². The molecule has 1 aliphatic heterocycles. The Hall–Kier alpha value is -0.120. The summed E-state index contributed by atoms with van der Waals surface area (Å²) in [6.45, 7) is 0.692. The second-order valence-corrected chi connectivity index (χ2v) is 4.64. The molecule has 1 N–H and O–H groups in total. The maximum absolute atomic E-state index is 9.83. The number of hydrogen-bond acceptors (Lipinski definition) is 3. The minimum Gasteiger partial charge on any atom is -0.390 e. The van der Waals surface area contributed by atoms with Gasteiger partial charge in [0.15, 0.2) is 0 Å². The lowest BCUT2D eigenvalue weighted by molar-refractivity contribution is -0.0519. The highest BCUT2D eigenvalue weighted by molar-refractivity contribution is 5.08. The molecule has 3 nitrogen and oxygen atoms in total. The minimum absolute atomic E-state index is 0.129. The molecule has 74 valence electrons. The van der Waals surface area contributed by atoms with Crippen molar-refractivity contribution >= 4 is 0 Å². The van der Waals surface area contributed by atoms with Crippen LogP contribution in [0.4, 0.5) is 0 Å². The molecule has 3 rings (SSSR count). The lowest BCUT2D eigenvalue weighted by atomic mass is 9.85. The average Bonchev–Trinajstić information content (AvgIpc) is 2.68. The van der Waals surface area contributed by atoms with E-state index in [-0.39, 0.29) is 18.3 Å². The fourth-order valence-corrected chi connectivity index (χ4v) is 3.56. The van der Waals surface area contributed by atoms with Crippen LogP contribution in [-0.4, -0.2) is 37.1 Å². The van der Waals surface area contributed by atoms with E-state index < -0.39 is 0 Å². The van der Waals surface area contributed by atoms with E-state index >= 15 is 0 Å². The first-order valence-electron chi connectivity index (χ1n) is 5.13. The number of hydrogen-bond donors (Lipinski definition) is 1. The standard InChI is InChI=1S/C10H16O3/c1-12-4-8-6-2-5-3-7(6)10(13-8)9(5)11/h5-11H,2-4H2,1H3/t5-,6+,7-,8?,9+,10+/m1/s1. The van der Waals surface area contributed by atoms with Gasteiger partial charge >= 0.3 is 0 Å². The van der Waals surface area contributed by atoms with Crippen LogP contribution in [0.1, 0.15) is 12.8 Å². The van der Waals surface area contributed by atoms with Crippen molar-refractivity contribution in [1.82, 2.24) is 0 Å². The maximum Gasteiger partial charge on any atom is 0.0873 e. The zero-order valence-electron chi connectivity index (χ0n) is 7.85. The molecule has 6 atom stereocenters. The second kappa shape index (κ2) is 2.69. The summed E-state index contributed by atoms with van der Waals surface area (Å²) in [7, 11) is 1.71. The average molecular weight is 184 g/mol. The van der Waals surface area contributed by atoms with Gasteiger partial charge < -0.3 is 14.6 Å². The Balaban J connectivity index is 1.80. The van der Waals surface area contributed by atoms with Crippen LogP contribution in [-0.2, 0) is 9.47 Å². The van der Waals surface area contributed by atoms with Gasteiger partial charge in [-0.3, -0.25) is 0 Å². The van der Waals surface area contributed by atoms with Gasteiger partial charge in [-0.2, -0.15) is 0 Å². The van der Waals surface area contributed by atoms with Crippen molar-refractivity contribution in [2.75, 3.05) is 13.7 Å². The van der Waals surface area contributed by atoms with E-state index in [0.29, 0.717) is 24.4 Å². The van der Waals surface area contributed by atoms with E-state index in [1.54, 1.807) is 7.11 Å². The number of aliphatic hydroxyl groups excluding tert-OH is 1. The Morgan fingerprint density at radius 3 is 2.77 bits per heavy atom. The normalized spacial score (nSPS) is 57.7. The quantitative estimate of drug-likeness (QED) is 0.676. The summed E-state index contributed by atoms with van der Waals surface area (Å²) >= 11 is 0. The van der Waals surface area contributed by atoms with Crippen molar-refractivity contribution in [3.63, 3.8) is 0 Å². The van der Waals surface area contributed by atoms with Crippen molar-refractivity contribution in [3.05, 3.63) is 0 Å². The van der Waals surface area contributed by atoms with Gasteiger partial charge in [-0.1, -0.05) is 0 Å². The highest BCUT2D eigenvalue weighted by Crippen LogP contribution is 2.56. The molecule has 3 aliphatic rings. The zero-order valence-corrected chi connectivity index (χ0v) is 7.85. The molecule has 3 heteroatoms. The first kappa shape index (κ1) is 8.21. The Morgan fingerprint density at radius 1 is 1.38 bits per heavy atom. The van der Waals surface area contributed by atoms with Crippen molar-refractivity contribution in [2.45, 2.75) is 31.2 Å². The highest BCUT2D eigenvalue weighted by Gasteiger charge is 2.60. The van der Waals surface area contributed by atoms with Crippen LogP contribution in [0.3, 0.4) is 0 Å². The fourth-order valence-electron chi connectivity index (χ4n) is 3.56. The van der Waals surface area contributed by atoms with Crippen LogP contribution in [0, 0.1) is 17.8 Å². The lowest BCUT2D eigenvalue weighted by Crippen LogP contribution is -2.31. The first-order chi connectivity index (χ1) is 6.31. The third-order valence-electron chi connectivity index (χ3n) is 4.08. The predicted octanol–water partition coefficient (Wildman–Crippen LogP) is 0.417. The minimum atomic E-state index is -0.192. The predicted molar refractivity (Wildman–Crippen MR) is 46.2 cm³/mol. The van der Waals surface area contributed by atoms with Crippen LogP contribution in [0.15, 0.2) is 0 Å². The summed E-state index contributed by atoms with van der Waals surface area (Å²) in [5.41, 5.74) is 0. The Labute approximate surface area is 78.0 Å². The molecule has 2 aliphatic carbocycles. The van der Waals surface area contributed by atoms with E-state index in [9.17, 15) is 5.11 Å². The molecule has 0 aromatic rings. The number of aliphatic hydroxyl groups is 1. The number of fused-ring (bicyclic) bond motifs is 1. The number of ether oxygens (including phenoxy) is 2. The van der Waals surface area contributed by atoms with Gasteiger partial charge in [-0.15, -0.1) is 0 Å². The first-order valence-corrected chi connectivity index (χ1v) is 5.13. The van der Waals surface area contributed by atoms with Crippen molar-refractivity contribution < 1.29 is 14.6 Å². The van der Waals surface area contributed by atoms with Gasteiger partial charge in [-0.05, 0) is 30.6 Å². The molecular formula is C10H16O3. The second-order valence-electron chi connectivity index (χ2n) is 4.64. The van der Waals surface area contributed by atoms with Gasteiger partial charge in [0.2, 0.25) is 0 Å². The molecular weight excluding hydrogens is 168 g/mol. The summed E-state index contributed by atoms with van der Waals surface area (Å²) < 4.78 is 10.9. The van der Waals surface area contributed by atoms with Gasteiger partial charge in [0.25, 0.3) is 0 Å². The third kappa shape index (κ3) is 0.953. The van der Waals surface area contributed by atoms with Crippen LogP contribution >= 0.6 is 0 Å². The molecule has 1 saturated heterocycles. The lowest BCUT2D eigenvalue weighted by Gasteiger charge is -2.21. The molecule has 0 spiro atoms. The topological polar surface area (TPSA) is 38.7 Å². The van der Waals surface area contributed by atoms with Crippen molar-refractivity contribution in [2.24, 2.45) is 17.8 Å². The fraction of sp³-hybridized carbons (Fsp3) is 1.00. The van der Waals surface area contributed by atoms with E-state index in [4.69, 9.17) is 9.47 Å². The molecule has 1 unspecified atom stereocenters. The molecule has 3 fully saturated rings. The van der Waals surface area contributed by atoms with Crippen LogP contribution in [0.25, 0.3) is 0 Å². The summed E-state index contributed by atoms with van der Waals surface area (Å²) in [6.07, 6.45) is 2.52. The van der Waals surface area contributed by atoms with Gasteiger partial charge in [0, 0.05) is 7.11 Å². The number of rotatable bonds is 2. The van der Waals surface area contributed by atoms with Gasteiger partial charge in [0.05, 0.1) is 24.9 Å². The van der Waals surface area contributed by atoms with E-state index in [0.717, 1.165) is 6.42 Å². The van der Waals surface area contributed by atoms with Gasteiger partial charge in [-0.25, -0.2) is 0 Å². The SMILES string of the molecule is COCC1O[C@@H]2[C@@H](O)[C@H]3C[C@@H]2[C@@H]1C3. The number of methoxy groups -OCH3 is 1. The smallest absolute Gasteiger partial charge is 0.0873 e. The van der Waals surface area contributed by atoms with E-state index in [1.165, 1.54) is 6.42 Å². The summed E-state index contributed by atoms with van der Waals surface area (Å²) in [5.74, 6) is 1.81. The molecule has 13 heavy (non-hydrogen) atoms. The van der Waals surface area contributed by atoms with Crippen molar-refractivity contribution in [3.8, 4) is 0 Å².